The van der Waals surface area contributed by atoms with Crippen molar-refractivity contribution in [1.29, 1.82) is 5.26 Å². The zero-order valence-electron chi connectivity index (χ0n) is 14.2. The predicted molar refractivity (Wildman–Crippen MR) is 101 cm³/mol. The van der Waals surface area contributed by atoms with Crippen molar-refractivity contribution in [1.82, 2.24) is 4.90 Å². The van der Waals surface area contributed by atoms with E-state index in [1.54, 1.807) is 4.90 Å². The third-order valence-electron chi connectivity index (χ3n) is 3.85. The van der Waals surface area contributed by atoms with Gasteiger partial charge in [0.25, 0.3) is 5.91 Å². The Bertz CT molecular complexity index is 741. The summed E-state index contributed by atoms with van der Waals surface area (Å²) in [5, 5.41) is 8.83. The van der Waals surface area contributed by atoms with Gasteiger partial charge in [-0.15, -0.1) is 0 Å². The summed E-state index contributed by atoms with van der Waals surface area (Å²) in [4.78, 5) is 14.2. The number of benzene rings is 2. The van der Waals surface area contributed by atoms with Crippen LogP contribution in [0, 0.1) is 18.3 Å². The van der Waals surface area contributed by atoms with Crippen LogP contribution in [0.1, 0.15) is 17.5 Å². The Labute approximate surface area is 157 Å². The fourth-order valence-electron chi connectivity index (χ4n) is 2.46. The van der Waals surface area contributed by atoms with Crippen LogP contribution in [-0.2, 0) is 11.2 Å². The molecule has 0 aliphatic rings. The van der Waals surface area contributed by atoms with Gasteiger partial charge in [0.2, 0.25) is 0 Å². The predicted octanol–water partition coefficient (Wildman–Crippen LogP) is 4.12. The Morgan fingerprint density at radius 1 is 1.20 bits per heavy atom. The van der Waals surface area contributed by atoms with Gasteiger partial charge in [-0.3, -0.25) is 4.79 Å². The van der Waals surface area contributed by atoms with Crippen molar-refractivity contribution in [3.8, 4) is 11.8 Å². The summed E-state index contributed by atoms with van der Waals surface area (Å²) in [6, 6.07) is 17.8. The maximum atomic E-state index is 12.5. The molecule has 4 nitrogen and oxygen atoms in total. The maximum absolute atomic E-state index is 12.5. The number of halogens is 1. The Morgan fingerprint density at radius 2 is 1.96 bits per heavy atom. The van der Waals surface area contributed by atoms with Crippen molar-refractivity contribution < 1.29 is 9.53 Å². The number of ether oxygens (including phenoxy) is 1. The highest BCUT2D eigenvalue weighted by Gasteiger charge is 2.14. The molecule has 0 aliphatic carbocycles. The van der Waals surface area contributed by atoms with Crippen LogP contribution in [0.2, 0.25) is 0 Å². The summed E-state index contributed by atoms with van der Waals surface area (Å²) in [6.45, 7) is 2.91. The first kappa shape index (κ1) is 19.0. The molecule has 25 heavy (non-hydrogen) atoms. The van der Waals surface area contributed by atoms with E-state index in [0.717, 1.165) is 16.5 Å². The van der Waals surface area contributed by atoms with Crippen molar-refractivity contribution >= 4 is 21.8 Å². The van der Waals surface area contributed by atoms with E-state index in [4.69, 9.17) is 10.00 Å². The van der Waals surface area contributed by atoms with Crippen LogP contribution >= 0.6 is 15.9 Å². The number of rotatable bonds is 8. The van der Waals surface area contributed by atoms with Gasteiger partial charge >= 0.3 is 0 Å². The fraction of sp³-hybridized carbons (Fsp3) is 0.300. The van der Waals surface area contributed by atoms with Crippen LogP contribution in [0.4, 0.5) is 0 Å². The van der Waals surface area contributed by atoms with Gasteiger partial charge in [-0.25, -0.2) is 0 Å². The van der Waals surface area contributed by atoms with Gasteiger partial charge < -0.3 is 9.64 Å². The van der Waals surface area contributed by atoms with Crippen molar-refractivity contribution in [3.63, 3.8) is 0 Å². The molecular formula is C20H21BrN2O2. The summed E-state index contributed by atoms with van der Waals surface area (Å²) in [5.74, 6) is 0.591. The number of amides is 1. The number of nitrogens with zero attached hydrogens (tertiary/aromatic N) is 2. The second kappa shape index (κ2) is 9.85. The van der Waals surface area contributed by atoms with E-state index in [1.165, 1.54) is 5.56 Å². The molecule has 0 N–H and O–H groups in total. The number of hydrogen-bond acceptors (Lipinski definition) is 3. The van der Waals surface area contributed by atoms with Gasteiger partial charge in [0.15, 0.2) is 6.61 Å². The van der Waals surface area contributed by atoms with Crippen LogP contribution in [-0.4, -0.2) is 30.5 Å². The molecule has 130 valence electrons. The highest BCUT2D eigenvalue weighted by atomic mass is 79.9. The van der Waals surface area contributed by atoms with Crippen molar-refractivity contribution in [2.75, 3.05) is 19.7 Å². The third kappa shape index (κ3) is 6.24. The van der Waals surface area contributed by atoms with Gasteiger partial charge in [-0.1, -0.05) is 46.3 Å². The van der Waals surface area contributed by atoms with Crippen molar-refractivity contribution in [2.24, 2.45) is 0 Å². The summed E-state index contributed by atoms with van der Waals surface area (Å²) in [6.07, 6.45) is 1.08. The molecule has 0 unspecified atom stereocenters. The molecule has 0 spiro atoms. The van der Waals surface area contributed by atoms with Crippen LogP contribution in [0.5, 0.6) is 5.75 Å². The van der Waals surface area contributed by atoms with Crippen LogP contribution < -0.4 is 4.74 Å². The molecule has 5 heteroatoms. The van der Waals surface area contributed by atoms with E-state index < -0.39 is 0 Å². The lowest BCUT2D eigenvalue weighted by molar-refractivity contribution is -0.133. The quantitative estimate of drug-likeness (QED) is 0.669. The monoisotopic (exact) mass is 400 g/mol. The highest BCUT2D eigenvalue weighted by molar-refractivity contribution is 9.10. The molecule has 0 bridgehead atoms. The molecule has 0 heterocycles. The van der Waals surface area contributed by atoms with Crippen LogP contribution in [0.15, 0.2) is 53.0 Å². The minimum atomic E-state index is -0.103. The van der Waals surface area contributed by atoms with Gasteiger partial charge in [0.05, 0.1) is 12.5 Å². The molecule has 1 amide bonds. The summed E-state index contributed by atoms with van der Waals surface area (Å²) >= 11 is 3.41. The first-order chi connectivity index (χ1) is 12.1. The van der Waals surface area contributed by atoms with Crippen LogP contribution in [0.25, 0.3) is 0 Å². The maximum Gasteiger partial charge on any atom is 0.260 e. The zero-order chi connectivity index (χ0) is 18.1. The smallest absolute Gasteiger partial charge is 0.260 e. The molecule has 0 aromatic heterocycles. The molecule has 2 aromatic carbocycles. The van der Waals surface area contributed by atoms with Crippen molar-refractivity contribution in [2.45, 2.75) is 19.8 Å². The Morgan fingerprint density at radius 3 is 2.64 bits per heavy atom. The van der Waals surface area contributed by atoms with E-state index >= 15 is 0 Å². The Kier molecular flexibility index (Phi) is 7.49. The average Bonchev–Trinajstić information content (AvgIpc) is 2.61. The fourth-order valence-corrected chi connectivity index (χ4v) is 2.94. The van der Waals surface area contributed by atoms with Gasteiger partial charge in [0.1, 0.15) is 5.75 Å². The van der Waals surface area contributed by atoms with E-state index in [1.807, 2.05) is 55.5 Å². The Hall–Kier alpha value is -2.32. The molecular weight excluding hydrogens is 380 g/mol. The topological polar surface area (TPSA) is 53.3 Å². The van der Waals surface area contributed by atoms with Crippen LogP contribution in [0.3, 0.4) is 0 Å². The van der Waals surface area contributed by atoms with E-state index in [9.17, 15) is 4.79 Å². The molecule has 0 atom stereocenters. The van der Waals surface area contributed by atoms with E-state index in [-0.39, 0.29) is 12.5 Å². The third-order valence-corrected chi connectivity index (χ3v) is 4.34. The molecule has 0 saturated carbocycles. The number of carbonyl (C=O) groups is 1. The lowest BCUT2D eigenvalue weighted by Gasteiger charge is -2.22. The number of nitriles is 1. The molecule has 0 aliphatic heterocycles. The standard InChI is InChI=1S/C20H21BrN2O2/c1-16-14-18(21)8-9-19(16)25-15-20(24)23(12-5-11-22)13-10-17-6-3-2-4-7-17/h2-4,6-9,14H,5,10,12-13,15H2,1H3. The largest absolute Gasteiger partial charge is 0.483 e. The van der Waals surface area contributed by atoms with Gasteiger partial charge in [0, 0.05) is 17.6 Å². The molecule has 0 saturated heterocycles. The summed E-state index contributed by atoms with van der Waals surface area (Å²) in [5.41, 5.74) is 2.14. The second-order valence-electron chi connectivity index (χ2n) is 5.72. The molecule has 2 aromatic rings. The minimum Gasteiger partial charge on any atom is -0.483 e. The SMILES string of the molecule is Cc1cc(Br)ccc1OCC(=O)N(CCC#N)CCc1ccccc1. The summed E-state index contributed by atoms with van der Waals surface area (Å²) in [7, 11) is 0. The molecule has 0 radical (unpaired) electrons. The summed E-state index contributed by atoms with van der Waals surface area (Å²) < 4.78 is 6.65. The first-order valence-electron chi connectivity index (χ1n) is 8.17. The van der Waals surface area contributed by atoms with E-state index in [0.29, 0.717) is 25.3 Å². The highest BCUT2D eigenvalue weighted by Crippen LogP contribution is 2.22. The normalized spacial score (nSPS) is 10.1. The average molecular weight is 401 g/mol. The zero-order valence-corrected chi connectivity index (χ0v) is 15.8. The molecule has 0 fully saturated rings. The Balaban J connectivity index is 1.93. The number of hydrogen-bond donors (Lipinski definition) is 0. The van der Waals surface area contributed by atoms with Gasteiger partial charge in [-0.05, 0) is 42.7 Å². The number of carbonyl (C=O) groups excluding carboxylic acids is 1. The first-order valence-corrected chi connectivity index (χ1v) is 8.97. The lowest BCUT2D eigenvalue weighted by atomic mass is 10.1. The van der Waals surface area contributed by atoms with E-state index in [2.05, 4.69) is 22.0 Å². The molecule has 2 rings (SSSR count). The lowest BCUT2D eigenvalue weighted by Crippen LogP contribution is -2.37. The van der Waals surface area contributed by atoms with Gasteiger partial charge in [-0.2, -0.15) is 5.26 Å². The second-order valence-corrected chi connectivity index (χ2v) is 6.64. The minimum absolute atomic E-state index is 0.0251. The number of aryl methyl sites for hydroxylation is 1. The van der Waals surface area contributed by atoms with Crippen molar-refractivity contribution in [3.05, 3.63) is 64.1 Å².